The van der Waals surface area contributed by atoms with Gasteiger partial charge < -0.3 is 5.32 Å². The van der Waals surface area contributed by atoms with Crippen LogP contribution in [0.4, 0.5) is 0 Å². The number of nitrogens with one attached hydrogen (secondary N) is 1. The van der Waals surface area contributed by atoms with E-state index >= 15 is 0 Å². The summed E-state index contributed by atoms with van der Waals surface area (Å²) in [7, 11) is 1.85. The van der Waals surface area contributed by atoms with Crippen LogP contribution in [0.1, 0.15) is 43.5 Å². The topological polar surface area (TPSA) is 46.9 Å². The first-order valence-electron chi connectivity index (χ1n) is 7.48. The third-order valence-electron chi connectivity index (χ3n) is 4.71. The summed E-state index contributed by atoms with van der Waals surface area (Å²) in [4.78, 5) is 12.3. The number of Topliss-reactive ketones (excluding diaryl/α,β-unsaturated/α-hetero) is 1. The molecule has 2 saturated heterocycles. The van der Waals surface area contributed by atoms with Crippen molar-refractivity contribution in [2.45, 2.75) is 57.5 Å². The van der Waals surface area contributed by atoms with Crippen molar-refractivity contribution < 1.29 is 4.79 Å². The highest BCUT2D eigenvalue weighted by molar-refractivity contribution is 6.32. The van der Waals surface area contributed by atoms with Crippen molar-refractivity contribution in [1.82, 2.24) is 15.1 Å². The lowest BCUT2D eigenvalue weighted by Crippen LogP contribution is -2.38. The maximum Gasteiger partial charge on any atom is 0.139 e. The Labute approximate surface area is 124 Å². The monoisotopic (exact) mass is 295 g/mol. The second kappa shape index (κ2) is 5.49. The molecule has 2 atom stereocenters. The molecule has 5 heteroatoms. The molecule has 2 unspecified atom stereocenters. The molecule has 3 heterocycles. The van der Waals surface area contributed by atoms with Crippen molar-refractivity contribution >= 4 is 17.4 Å². The number of hydrogen-bond acceptors (Lipinski definition) is 3. The Hall–Kier alpha value is -0.870. The number of hydrogen-bond donors (Lipinski definition) is 1. The summed E-state index contributed by atoms with van der Waals surface area (Å²) < 4.78 is 1.74. The predicted octanol–water partition coefficient (Wildman–Crippen LogP) is 2.41. The third-order valence-corrected chi connectivity index (χ3v) is 5.20. The molecule has 0 aromatic carbocycles. The van der Waals surface area contributed by atoms with Crippen LogP contribution < -0.4 is 5.32 Å². The molecule has 3 rings (SSSR count). The summed E-state index contributed by atoms with van der Waals surface area (Å²) >= 11 is 6.21. The van der Waals surface area contributed by atoms with Gasteiger partial charge in [-0.3, -0.25) is 9.48 Å². The van der Waals surface area contributed by atoms with Crippen LogP contribution in [0.5, 0.6) is 0 Å². The smallest absolute Gasteiger partial charge is 0.139 e. The van der Waals surface area contributed by atoms with E-state index in [1.807, 2.05) is 14.0 Å². The molecule has 0 aliphatic carbocycles. The standard InChI is InChI=1S/C15H22ClN3O/c1-9-15(16)14(19(2)18-9)8-13(20)7-10-5-11-3-4-12(6-10)17-11/h10-12,17H,3-8H2,1-2H3. The molecular formula is C15H22ClN3O. The Kier molecular flexibility index (Phi) is 3.87. The highest BCUT2D eigenvalue weighted by atomic mass is 35.5. The summed E-state index contributed by atoms with van der Waals surface area (Å²) in [6, 6.07) is 1.29. The Morgan fingerprint density at radius 1 is 1.40 bits per heavy atom. The van der Waals surface area contributed by atoms with Crippen LogP contribution in [0.2, 0.25) is 5.02 Å². The van der Waals surface area contributed by atoms with Crippen LogP contribution in [-0.4, -0.2) is 27.6 Å². The molecule has 2 fully saturated rings. The highest BCUT2D eigenvalue weighted by Gasteiger charge is 2.34. The number of ketones is 1. The lowest BCUT2D eigenvalue weighted by atomic mass is 9.87. The summed E-state index contributed by atoms with van der Waals surface area (Å²) in [5.41, 5.74) is 1.66. The van der Waals surface area contributed by atoms with Crippen LogP contribution in [0.15, 0.2) is 0 Å². The second-order valence-corrected chi connectivity index (χ2v) is 6.74. The van der Waals surface area contributed by atoms with Gasteiger partial charge in [0.25, 0.3) is 0 Å². The van der Waals surface area contributed by atoms with Crippen LogP contribution >= 0.6 is 11.6 Å². The van der Waals surface area contributed by atoms with Gasteiger partial charge in [0.1, 0.15) is 5.78 Å². The number of piperidine rings is 1. The van der Waals surface area contributed by atoms with E-state index in [1.165, 1.54) is 12.8 Å². The SMILES string of the molecule is Cc1nn(C)c(CC(=O)CC2CC3CCC(C2)N3)c1Cl. The van der Waals surface area contributed by atoms with Crippen LogP contribution in [0, 0.1) is 12.8 Å². The van der Waals surface area contributed by atoms with E-state index in [-0.39, 0.29) is 0 Å². The van der Waals surface area contributed by atoms with Gasteiger partial charge >= 0.3 is 0 Å². The number of rotatable bonds is 4. The molecule has 1 aromatic rings. The number of carbonyl (C=O) groups excluding carboxylic acids is 1. The Morgan fingerprint density at radius 3 is 2.60 bits per heavy atom. The molecular weight excluding hydrogens is 274 g/mol. The van der Waals surface area contributed by atoms with Gasteiger partial charge in [-0.25, -0.2) is 0 Å². The van der Waals surface area contributed by atoms with Gasteiger partial charge in [0.05, 0.1) is 16.4 Å². The first kappa shape index (κ1) is 14.1. The molecule has 2 aliphatic heterocycles. The maximum absolute atomic E-state index is 12.3. The molecule has 2 aliphatic rings. The van der Waals surface area contributed by atoms with Crippen molar-refractivity contribution in [3.05, 3.63) is 16.4 Å². The zero-order valence-electron chi connectivity index (χ0n) is 12.2. The number of nitrogens with zero attached hydrogens (tertiary/aromatic N) is 2. The Bertz CT molecular complexity index is 513. The first-order valence-corrected chi connectivity index (χ1v) is 7.86. The molecule has 0 radical (unpaired) electrons. The summed E-state index contributed by atoms with van der Waals surface area (Å²) in [5.74, 6) is 0.843. The number of aromatic nitrogens is 2. The van der Waals surface area contributed by atoms with Crippen molar-refractivity contribution in [3.63, 3.8) is 0 Å². The number of fused-ring (bicyclic) bond motifs is 2. The van der Waals surface area contributed by atoms with E-state index in [0.717, 1.165) is 24.2 Å². The largest absolute Gasteiger partial charge is 0.311 e. The van der Waals surface area contributed by atoms with Gasteiger partial charge in [0, 0.05) is 32.0 Å². The molecule has 1 aromatic heterocycles. The number of aryl methyl sites for hydroxylation is 2. The van der Waals surface area contributed by atoms with Crippen LogP contribution in [0.3, 0.4) is 0 Å². The van der Waals surface area contributed by atoms with Crippen molar-refractivity contribution in [3.8, 4) is 0 Å². The minimum absolute atomic E-state index is 0.293. The molecule has 20 heavy (non-hydrogen) atoms. The molecule has 0 saturated carbocycles. The van der Waals surface area contributed by atoms with Gasteiger partial charge in [-0.1, -0.05) is 11.6 Å². The van der Waals surface area contributed by atoms with Crippen molar-refractivity contribution in [2.75, 3.05) is 0 Å². The fraction of sp³-hybridized carbons (Fsp3) is 0.733. The minimum Gasteiger partial charge on any atom is -0.311 e. The molecule has 0 amide bonds. The zero-order chi connectivity index (χ0) is 14.3. The average Bonchev–Trinajstić information content (AvgIpc) is 2.84. The molecule has 110 valence electrons. The quantitative estimate of drug-likeness (QED) is 0.928. The molecule has 2 bridgehead atoms. The Morgan fingerprint density at radius 2 is 2.05 bits per heavy atom. The average molecular weight is 296 g/mol. The van der Waals surface area contributed by atoms with Gasteiger partial charge in [-0.2, -0.15) is 5.10 Å². The van der Waals surface area contributed by atoms with Gasteiger partial charge in [-0.15, -0.1) is 0 Å². The summed E-state index contributed by atoms with van der Waals surface area (Å²) in [5, 5.41) is 8.53. The van der Waals surface area contributed by atoms with E-state index in [1.54, 1.807) is 4.68 Å². The maximum atomic E-state index is 12.3. The number of halogens is 1. The molecule has 4 nitrogen and oxygen atoms in total. The normalized spacial score (nSPS) is 28.9. The van der Waals surface area contributed by atoms with E-state index in [4.69, 9.17) is 11.6 Å². The third kappa shape index (κ3) is 2.77. The minimum atomic E-state index is 0.293. The highest BCUT2D eigenvalue weighted by Crippen LogP contribution is 2.33. The van der Waals surface area contributed by atoms with Gasteiger partial charge in [-0.05, 0) is 38.5 Å². The summed E-state index contributed by atoms with van der Waals surface area (Å²) in [6.07, 6.45) is 5.97. The first-order chi connectivity index (χ1) is 9.52. The van der Waals surface area contributed by atoms with E-state index < -0.39 is 0 Å². The van der Waals surface area contributed by atoms with Gasteiger partial charge in [0.15, 0.2) is 0 Å². The predicted molar refractivity (Wildman–Crippen MR) is 79.0 cm³/mol. The van der Waals surface area contributed by atoms with Crippen molar-refractivity contribution in [2.24, 2.45) is 13.0 Å². The van der Waals surface area contributed by atoms with Crippen molar-refractivity contribution in [1.29, 1.82) is 0 Å². The fourth-order valence-corrected chi connectivity index (χ4v) is 4.02. The molecule has 0 spiro atoms. The zero-order valence-corrected chi connectivity index (χ0v) is 12.9. The van der Waals surface area contributed by atoms with Crippen LogP contribution in [-0.2, 0) is 18.3 Å². The summed E-state index contributed by atoms with van der Waals surface area (Å²) in [6.45, 7) is 1.88. The van der Waals surface area contributed by atoms with E-state index in [0.29, 0.717) is 41.6 Å². The van der Waals surface area contributed by atoms with E-state index in [2.05, 4.69) is 10.4 Å². The van der Waals surface area contributed by atoms with Gasteiger partial charge in [0.2, 0.25) is 0 Å². The second-order valence-electron chi connectivity index (χ2n) is 6.36. The number of carbonyl (C=O) groups is 1. The molecule has 1 N–H and O–H groups in total. The lowest BCUT2D eigenvalue weighted by molar-refractivity contribution is -0.119. The van der Waals surface area contributed by atoms with Crippen LogP contribution in [0.25, 0.3) is 0 Å². The Balaban J connectivity index is 1.60. The van der Waals surface area contributed by atoms with E-state index in [9.17, 15) is 4.79 Å². The fourth-order valence-electron chi connectivity index (χ4n) is 3.79. The lowest BCUT2D eigenvalue weighted by Gasteiger charge is -2.28.